The first-order valence-electron chi connectivity index (χ1n) is 4.90. The van der Waals surface area contributed by atoms with Crippen molar-refractivity contribution in [1.29, 1.82) is 0 Å². The monoisotopic (exact) mass is 196 g/mol. The zero-order valence-electron chi connectivity index (χ0n) is 9.65. The van der Waals surface area contributed by atoms with Crippen molar-refractivity contribution in [3.05, 3.63) is 28.8 Å². The van der Waals surface area contributed by atoms with Gasteiger partial charge in [0, 0.05) is 0 Å². The van der Waals surface area contributed by atoms with Crippen molar-refractivity contribution in [1.82, 2.24) is 0 Å². The third kappa shape index (κ3) is 2.31. The number of hydrogen-bond acceptors (Lipinski definition) is 0. The molecular formula is C12H21P. The first kappa shape index (κ1) is 10.7. The predicted octanol–water partition coefficient (Wildman–Crippen LogP) is 2.88. The van der Waals surface area contributed by atoms with E-state index in [9.17, 15) is 0 Å². The van der Waals surface area contributed by atoms with Crippen molar-refractivity contribution in [2.24, 2.45) is 0 Å². The van der Waals surface area contributed by atoms with Crippen LogP contribution in [0.3, 0.4) is 0 Å². The molecule has 0 unspecified atom stereocenters. The number of aryl methyl sites for hydroxylation is 3. The quantitative estimate of drug-likeness (QED) is 0.606. The molecule has 13 heavy (non-hydrogen) atoms. The van der Waals surface area contributed by atoms with Gasteiger partial charge in [0.05, 0.1) is 0 Å². The van der Waals surface area contributed by atoms with Crippen molar-refractivity contribution >= 4 is 12.6 Å². The molecule has 1 rings (SSSR count). The zero-order chi connectivity index (χ0) is 10.2. The SMILES string of the molecule is Cc1cc(C)c([PH](C)(C)C)c(C)c1. The fraction of sp³-hybridized carbons (Fsp3) is 0.500. The summed E-state index contributed by atoms with van der Waals surface area (Å²) in [5.74, 6) is 0. The van der Waals surface area contributed by atoms with Crippen LogP contribution >= 0.6 is 7.26 Å². The van der Waals surface area contributed by atoms with Gasteiger partial charge in [-0.3, -0.25) is 0 Å². The molecule has 1 aromatic carbocycles. The molecule has 0 aliphatic rings. The van der Waals surface area contributed by atoms with Crippen LogP contribution in [0.25, 0.3) is 0 Å². The average molecular weight is 196 g/mol. The van der Waals surface area contributed by atoms with Gasteiger partial charge in [0.25, 0.3) is 0 Å². The third-order valence-electron chi connectivity index (χ3n) is 2.43. The molecule has 0 saturated carbocycles. The van der Waals surface area contributed by atoms with E-state index in [1.54, 1.807) is 5.30 Å². The molecule has 0 bridgehead atoms. The van der Waals surface area contributed by atoms with E-state index in [4.69, 9.17) is 0 Å². The summed E-state index contributed by atoms with van der Waals surface area (Å²) in [5.41, 5.74) is 4.35. The van der Waals surface area contributed by atoms with Gasteiger partial charge in [-0.2, -0.15) is 0 Å². The fourth-order valence-corrected chi connectivity index (χ4v) is 4.87. The Morgan fingerprint density at radius 2 is 1.23 bits per heavy atom. The molecule has 0 aliphatic heterocycles. The Bertz CT molecular complexity index is 295. The molecular weight excluding hydrogens is 175 g/mol. The molecule has 0 saturated heterocycles. The summed E-state index contributed by atoms with van der Waals surface area (Å²) in [6.07, 6.45) is 0. The molecule has 0 aromatic heterocycles. The van der Waals surface area contributed by atoms with Crippen LogP contribution in [0.1, 0.15) is 16.7 Å². The summed E-state index contributed by atoms with van der Waals surface area (Å²) in [7, 11) is -1.15. The maximum atomic E-state index is 2.41. The first-order valence-corrected chi connectivity index (χ1v) is 8.40. The molecule has 0 radical (unpaired) electrons. The second kappa shape index (κ2) is 3.42. The number of rotatable bonds is 1. The van der Waals surface area contributed by atoms with Crippen LogP contribution in [0.2, 0.25) is 0 Å². The normalized spacial score (nSPS) is 13.1. The number of benzene rings is 1. The maximum absolute atomic E-state index is 2.41. The van der Waals surface area contributed by atoms with Gasteiger partial charge in [-0.05, 0) is 0 Å². The first-order chi connectivity index (χ1) is 5.82. The standard InChI is InChI=1S/C12H21P/c1-9-7-10(2)12(11(3)8-9)13(4,5)6/h7-8,13H,1-6H3. The summed E-state index contributed by atoms with van der Waals surface area (Å²) in [4.78, 5) is 0. The molecule has 0 spiro atoms. The Morgan fingerprint density at radius 3 is 1.54 bits per heavy atom. The van der Waals surface area contributed by atoms with Gasteiger partial charge in [0.2, 0.25) is 0 Å². The van der Waals surface area contributed by atoms with Gasteiger partial charge in [0.15, 0.2) is 0 Å². The number of hydrogen-bond donors (Lipinski definition) is 0. The Balaban J connectivity index is 3.38. The molecule has 74 valence electrons. The Kier molecular flexibility index (Phi) is 2.82. The van der Waals surface area contributed by atoms with E-state index in [-0.39, 0.29) is 0 Å². The van der Waals surface area contributed by atoms with Crippen LogP contribution < -0.4 is 5.30 Å². The van der Waals surface area contributed by atoms with Crippen LogP contribution in [0, 0.1) is 20.8 Å². The second-order valence-electron chi connectivity index (χ2n) is 5.02. The fourth-order valence-electron chi connectivity index (χ4n) is 2.36. The Labute approximate surface area is 82.7 Å². The Morgan fingerprint density at radius 1 is 0.846 bits per heavy atom. The molecule has 0 aliphatic carbocycles. The van der Waals surface area contributed by atoms with Crippen molar-refractivity contribution in [2.75, 3.05) is 20.0 Å². The molecule has 0 N–H and O–H groups in total. The van der Waals surface area contributed by atoms with E-state index >= 15 is 0 Å². The van der Waals surface area contributed by atoms with E-state index in [0.29, 0.717) is 0 Å². The molecule has 1 heteroatoms. The molecule has 0 fully saturated rings. The minimum absolute atomic E-state index is 1.15. The molecule has 0 amide bonds. The van der Waals surface area contributed by atoms with Crippen molar-refractivity contribution in [2.45, 2.75) is 20.8 Å². The van der Waals surface area contributed by atoms with E-state index in [0.717, 1.165) is 0 Å². The van der Waals surface area contributed by atoms with Crippen LogP contribution in [0.5, 0.6) is 0 Å². The average Bonchev–Trinajstić information content (AvgIpc) is 1.78. The molecule has 0 nitrogen and oxygen atoms in total. The van der Waals surface area contributed by atoms with Gasteiger partial charge >= 0.3 is 82.2 Å². The van der Waals surface area contributed by atoms with Crippen molar-refractivity contribution in [3.63, 3.8) is 0 Å². The molecule has 0 heterocycles. The van der Waals surface area contributed by atoms with Gasteiger partial charge in [0.1, 0.15) is 0 Å². The summed E-state index contributed by atoms with van der Waals surface area (Å²) in [6.45, 7) is 13.9. The van der Waals surface area contributed by atoms with Crippen LogP contribution in [0.4, 0.5) is 0 Å². The van der Waals surface area contributed by atoms with E-state index in [2.05, 4.69) is 52.9 Å². The van der Waals surface area contributed by atoms with Gasteiger partial charge in [-0.1, -0.05) is 0 Å². The van der Waals surface area contributed by atoms with Crippen molar-refractivity contribution in [3.8, 4) is 0 Å². The summed E-state index contributed by atoms with van der Waals surface area (Å²) < 4.78 is 0. The van der Waals surface area contributed by atoms with Crippen LogP contribution in [-0.4, -0.2) is 20.0 Å². The molecule has 0 atom stereocenters. The minimum atomic E-state index is -1.15. The van der Waals surface area contributed by atoms with Gasteiger partial charge in [-0.15, -0.1) is 0 Å². The van der Waals surface area contributed by atoms with Gasteiger partial charge < -0.3 is 0 Å². The van der Waals surface area contributed by atoms with Crippen LogP contribution in [0.15, 0.2) is 12.1 Å². The summed E-state index contributed by atoms with van der Waals surface area (Å²) in [6, 6.07) is 4.61. The Hall–Kier alpha value is -0.350. The van der Waals surface area contributed by atoms with Crippen LogP contribution in [-0.2, 0) is 0 Å². The predicted molar refractivity (Wildman–Crippen MR) is 66.4 cm³/mol. The zero-order valence-corrected chi connectivity index (χ0v) is 10.7. The third-order valence-corrected chi connectivity index (χ3v) is 4.72. The molecule has 1 aromatic rings. The second-order valence-corrected chi connectivity index (χ2v) is 10.0. The van der Waals surface area contributed by atoms with Crippen molar-refractivity contribution < 1.29 is 0 Å². The van der Waals surface area contributed by atoms with E-state index < -0.39 is 7.26 Å². The summed E-state index contributed by atoms with van der Waals surface area (Å²) >= 11 is 0. The van der Waals surface area contributed by atoms with Gasteiger partial charge in [-0.25, -0.2) is 0 Å². The van der Waals surface area contributed by atoms with E-state index in [1.165, 1.54) is 16.7 Å². The topological polar surface area (TPSA) is 0 Å². The summed E-state index contributed by atoms with van der Waals surface area (Å²) in [5, 5.41) is 1.64. The van der Waals surface area contributed by atoms with E-state index in [1.807, 2.05) is 0 Å².